The fraction of sp³-hybridized carbons (Fsp3) is 0.231. The molecule has 0 aliphatic carbocycles. The van der Waals surface area contributed by atoms with Gasteiger partial charge in [0.25, 0.3) is 5.56 Å². The van der Waals surface area contributed by atoms with Crippen LogP contribution in [-0.2, 0) is 20.6 Å². The van der Waals surface area contributed by atoms with Crippen molar-refractivity contribution in [1.82, 2.24) is 18.7 Å². The molecule has 3 rings (SSSR count). The van der Waals surface area contributed by atoms with Gasteiger partial charge in [-0.05, 0) is 11.4 Å². The van der Waals surface area contributed by atoms with E-state index < -0.39 is 11.2 Å². The maximum absolute atomic E-state index is 12.2. The number of nitrogens with zero attached hydrogens (tertiary/aromatic N) is 4. The van der Waals surface area contributed by atoms with Crippen LogP contribution in [0.4, 0.5) is 0 Å². The van der Waals surface area contributed by atoms with Crippen LogP contribution in [0.25, 0.3) is 11.2 Å². The maximum Gasteiger partial charge on any atom is 0.332 e. The summed E-state index contributed by atoms with van der Waals surface area (Å²) >= 11 is 1.35. The number of aryl methyl sites for hydroxylation is 1. The van der Waals surface area contributed by atoms with Crippen LogP contribution in [0.5, 0.6) is 0 Å². The van der Waals surface area contributed by atoms with E-state index in [1.807, 2.05) is 5.38 Å². The van der Waals surface area contributed by atoms with E-state index in [0.717, 1.165) is 4.57 Å². The molecule has 3 aromatic rings. The van der Waals surface area contributed by atoms with E-state index in [1.165, 1.54) is 33.8 Å². The molecule has 0 saturated carbocycles. The molecule has 7 nitrogen and oxygen atoms in total. The molecule has 0 saturated heterocycles. The van der Waals surface area contributed by atoms with Gasteiger partial charge in [-0.1, -0.05) is 6.07 Å². The number of carbonyl (C=O) groups is 1. The zero-order valence-corrected chi connectivity index (χ0v) is 12.3. The van der Waals surface area contributed by atoms with Gasteiger partial charge in [0.2, 0.25) is 0 Å². The molecule has 0 radical (unpaired) electrons. The summed E-state index contributed by atoms with van der Waals surface area (Å²) in [6, 6.07) is 3.53. The van der Waals surface area contributed by atoms with Crippen LogP contribution in [0, 0.1) is 0 Å². The number of rotatable bonds is 3. The van der Waals surface area contributed by atoms with Gasteiger partial charge in [-0.15, -0.1) is 11.3 Å². The minimum atomic E-state index is -0.454. The number of hydrogen-bond acceptors (Lipinski definition) is 5. The van der Waals surface area contributed by atoms with Crippen molar-refractivity contribution in [3.8, 4) is 0 Å². The topological polar surface area (TPSA) is 78.9 Å². The number of ketones is 1. The first-order chi connectivity index (χ1) is 10.0. The second-order valence-electron chi connectivity index (χ2n) is 4.65. The Morgan fingerprint density at radius 1 is 1.29 bits per heavy atom. The Morgan fingerprint density at radius 3 is 2.71 bits per heavy atom. The quantitative estimate of drug-likeness (QED) is 0.655. The smallest absolute Gasteiger partial charge is 0.317 e. The van der Waals surface area contributed by atoms with E-state index in [0.29, 0.717) is 4.88 Å². The summed E-state index contributed by atoms with van der Waals surface area (Å²) in [6.07, 6.45) is 1.41. The third-order valence-corrected chi connectivity index (χ3v) is 4.24. The van der Waals surface area contributed by atoms with Crippen molar-refractivity contribution in [1.29, 1.82) is 0 Å². The Morgan fingerprint density at radius 2 is 2.05 bits per heavy atom. The molecule has 0 aliphatic rings. The molecule has 0 atom stereocenters. The number of Topliss-reactive ketones (excluding diaryl/α,β-unsaturated/α-hetero) is 1. The molecule has 0 N–H and O–H groups in total. The Bertz CT molecular complexity index is 946. The normalized spacial score (nSPS) is 11.1. The van der Waals surface area contributed by atoms with Gasteiger partial charge in [-0.3, -0.25) is 18.7 Å². The Balaban J connectivity index is 2.15. The highest BCUT2D eigenvalue weighted by Gasteiger charge is 2.16. The van der Waals surface area contributed by atoms with Gasteiger partial charge in [0.1, 0.15) is 0 Å². The molecule has 0 aromatic carbocycles. The Labute approximate surface area is 122 Å². The zero-order chi connectivity index (χ0) is 15.1. The van der Waals surface area contributed by atoms with Gasteiger partial charge in [-0.2, -0.15) is 0 Å². The SMILES string of the molecule is Cn1c(=O)c2c(ncn2CC(=O)c2cccs2)n(C)c1=O. The van der Waals surface area contributed by atoms with Crippen LogP contribution >= 0.6 is 11.3 Å². The van der Waals surface area contributed by atoms with Crippen molar-refractivity contribution in [3.63, 3.8) is 0 Å². The molecule has 0 amide bonds. The molecule has 108 valence electrons. The molecular weight excluding hydrogens is 292 g/mol. The lowest BCUT2D eigenvalue weighted by Gasteiger charge is -2.05. The molecule has 21 heavy (non-hydrogen) atoms. The van der Waals surface area contributed by atoms with Gasteiger partial charge < -0.3 is 4.57 Å². The highest BCUT2D eigenvalue weighted by Crippen LogP contribution is 2.12. The minimum Gasteiger partial charge on any atom is -0.317 e. The number of carbonyl (C=O) groups excluding carboxylic acids is 1. The second-order valence-corrected chi connectivity index (χ2v) is 5.60. The summed E-state index contributed by atoms with van der Waals surface area (Å²) in [4.78, 5) is 40.9. The van der Waals surface area contributed by atoms with E-state index >= 15 is 0 Å². The van der Waals surface area contributed by atoms with Crippen molar-refractivity contribution in [2.75, 3.05) is 0 Å². The van der Waals surface area contributed by atoms with Crippen LogP contribution in [0.1, 0.15) is 9.67 Å². The monoisotopic (exact) mass is 304 g/mol. The molecule has 0 bridgehead atoms. The second kappa shape index (κ2) is 4.81. The molecule has 3 heterocycles. The summed E-state index contributed by atoms with van der Waals surface area (Å²) < 4.78 is 3.79. The first-order valence-electron chi connectivity index (χ1n) is 6.18. The predicted molar refractivity (Wildman–Crippen MR) is 78.9 cm³/mol. The predicted octanol–water partition coefficient (Wildman–Crippen LogP) is 0.378. The molecule has 0 aliphatic heterocycles. The van der Waals surface area contributed by atoms with Gasteiger partial charge in [0, 0.05) is 14.1 Å². The lowest BCUT2D eigenvalue weighted by atomic mass is 10.3. The average Bonchev–Trinajstić information content (AvgIpc) is 3.12. The van der Waals surface area contributed by atoms with Crippen molar-refractivity contribution in [2.24, 2.45) is 14.1 Å². The van der Waals surface area contributed by atoms with E-state index in [1.54, 1.807) is 19.2 Å². The number of thiophene rings is 1. The molecule has 0 unspecified atom stereocenters. The van der Waals surface area contributed by atoms with Gasteiger partial charge in [-0.25, -0.2) is 9.78 Å². The highest BCUT2D eigenvalue weighted by molar-refractivity contribution is 7.12. The fourth-order valence-electron chi connectivity index (χ4n) is 2.19. The van der Waals surface area contributed by atoms with Crippen molar-refractivity contribution >= 4 is 28.3 Å². The molecular formula is C13H12N4O3S. The summed E-state index contributed by atoms with van der Waals surface area (Å²) in [6.45, 7) is 0.0183. The van der Waals surface area contributed by atoms with E-state index in [-0.39, 0.29) is 23.5 Å². The first kappa shape index (κ1) is 13.5. The van der Waals surface area contributed by atoms with Crippen molar-refractivity contribution in [2.45, 2.75) is 6.54 Å². The zero-order valence-electron chi connectivity index (χ0n) is 11.4. The van der Waals surface area contributed by atoms with Crippen LogP contribution in [0.15, 0.2) is 33.4 Å². The van der Waals surface area contributed by atoms with Crippen molar-refractivity contribution < 1.29 is 4.79 Å². The number of imidazole rings is 1. The van der Waals surface area contributed by atoms with Gasteiger partial charge >= 0.3 is 5.69 Å². The summed E-state index contributed by atoms with van der Waals surface area (Å²) in [5, 5.41) is 1.82. The summed E-state index contributed by atoms with van der Waals surface area (Å²) in [7, 11) is 2.95. The van der Waals surface area contributed by atoms with E-state index in [4.69, 9.17) is 0 Å². The summed E-state index contributed by atoms with van der Waals surface area (Å²) in [5.74, 6) is -0.0970. The molecule has 0 fully saturated rings. The minimum absolute atomic E-state index is 0.0183. The van der Waals surface area contributed by atoms with Gasteiger partial charge in [0.05, 0.1) is 17.7 Å². The Hall–Kier alpha value is -2.48. The average molecular weight is 304 g/mol. The van der Waals surface area contributed by atoms with Crippen LogP contribution in [0.2, 0.25) is 0 Å². The highest BCUT2D eigenvalue weighted by atomic mass is 32.1. The third-order valence-electron chi connectivity index (χ3n) is 3.33. The van der Waals surface area contributed by atoms with Crippen LogP contribution in [0.3, 0.4) is 0 Å². The molecule has 3 aromatic heterocycles. The molecule has 8 heteroatoms. The lowest BCUT2D eigenvalue weighted by Crippen LogP contribution is -2.37. The van der Waals surface area contributed by atoms with E-state index in [2.05, 4.69) is 4.98 Å². The number of hydrogen-bond donors (Lipinski definition) is 0. The Kier molecular flexibility index (Phi) is 3.09. The van der Waals surface area contributed by atoms with Crippen LogP contribution < -0.4 is 11.2 Å². The number of fused-ring (bicyclic) bond motifs is 1. The van der Waals surface area contributed by atoms with E-state index in [9.17, 15) is 14.4 Å². The third kappa shape index (κ3) is 2.04. The largest absolute Gasteiger partial charge is 0.332 e. The first-order valence-corrected chi connectivity index (χ1v) is 7.06. The summed E-state index contributed by atoms with van der Waals surface area (Å²) in [5.41, 5.74) is -0.363. The van der Waals surface area contributed by atoms with Crippen LogP contribution in [-0.4, -0.2) is 24.5 Å². The number of aromatic nitrogens is 4. The maximum atomic E-state index is 12.2. The van der Waals surface area contributed by atoms with Gasteiger partial charge in [0.15, 0.2) is 16.9 Å². The fourth-order valence-corrected chi connectivity index (χ4v) is 2.84. The lowest BCUT2D eigenvalue weighted by molar-refractivity contribution is 0.0977. The standard InChI is InChI=1S/C13H12N4O3S/c1-15-11-10(12(19)16(2)13(15)20)17(7-14-11)6-8(18)9-4-3-5-21-9/h3-5,7H,6H2,1-2H3. The molecule has 0 spiro atoms. The van der Waals surface area contributed by atoms with Crippen molar-refractivity contribution in [3.05, 3.63) is 49.6 Å².